The van der Waals surface area contributed by atoms with Crippen molar-refractivity contribution >= 4 is 16.0 Å². The van der Waals surface area contributed by atoms with Crippen molar-refractivity contribution in [2.24, 2.45) is 0 Å². The normalized spacial score (nSPS) is 11.4. The molecule has 1 heterocycles. The van der Waals surface area contributed by atoms with E-state index in [1.54, 1.807) is 11.6 Å². The highest BCUT2D eigenvalue weighted by atomic mass is 32.2. The van der Waals surface area contributed by atoms with Crippen LogP contribution in [0.5, 0.6) is 6.01 Å². The standard InChI is InChI=1S/C10H9F3N4O3S/c1-2-20-10-14-9(15-16-10)17-21(18,19)8-6(12)3-5(11)4-7(8)13/h3-4H,2H2,1H3,(H2,14,15,16,17). The molecule has 7 nitrogen and oxygen atoms in total. The van der Waals surface area contributed by atoms with Crippen LogP contribution in [0.2, 0.25) is 0 Å². The monoisotopic (exact) mass is 322 g/mol. The first-order valence-corrected chi connectivity index (χ1v) is 7.04. The first-order valence-electron chi connectivity index (χ1n) is 5.56. The van der Waals surface area contributed by atoms with E-state index in [2.05, 4.69) is 15.2 Å². The van der Waals surface area contributed by atoms with Crippen LogP contribution in [-0.4, -0.2) is 30.2 Å². The largest absolute Gasteiger partial charge is 0.463 e. The van der Waals surface area contributed by atoms with E-state index in [0.29, 0.717) is 0 Å². The Kier molecular flexibility index (Phi) is 4.02. The van der Waals surface area contributed by atoms with Gasteiger partial charge in [-0.25, -0.2) is 31.4 Å². The van der Waals surface area contributed by atoms with Crippen molar-refractivity contribution in [3.05, 3.63) is 29.6 Å². The summed E-state index contributed by atoms with van der Waals surface area (Å²) >= 11 is 0. The van der Waals surface area contributed by atoms with Crippen molar-refractivity contribution in [2.45, 2.75) is 11.8 Å². The lowest BCUT2D eigenvalue weighted by Crippen LogP contribution is -2.17. The van der Waals surface area contributed by atoms with Crippen LogP contribution in [0.4, 0.5) is 19.1 Å². The number of nitrogens with one attached hydrogen (secondary N) is 2. The summed E-state index contributed by atoms with van der Waals surface area (Å²) in [5.74, 6) is -4.77. The Bertz CT molecular complexity index is 740. The number of rotatable bonds is 5. The van der Waals surface area contributed by atoms with Gasteiger partial charge in [-0.05, 0) is 6.92 Å². The third kappa shape index (κ3) is 3.24. The van der Waals surface area contributed by atoms with Gasteiger partial charge in [0.05, 0.1) is 6.61 Å². The minimum Gasteiger partial charge on any atom is -0.463 e. The van der Waals surface area contributed by atoms with E-state index in [-0.39, 0.29) is 24.8 Å². The predicted molar refractivity (Wildman–Crippen MR) is 64.7 cm³/mol. The average molecular weight is 322 g/mol. The number of hydrogen-bond donors (Lipinski definition) is 2. The third-order valence-corrected chi connectivity index (χ3v) is 3.59. The van der Waals surface area contributed by atoms with E-state index in [4.69, 9.17) is 4.74 Å². The fourth-order valence-corrected chi connectivity index (χ4v) is 2.53. The van der Waals surface area contributed by atoms with Gasteiger partial charge >= 0.3 is 6.01 Å². The maximum Gasteiger partial charge on any atom is 0.337 e. The van der Waals surface area contributed by atoms with Crippen LogP contribution in [0.25, 0.3) is 0 Å². The zero-order valence-electron chi connectivity index (χ0n) is 10.5. The lowest BCUT2D eigenvalue weighted by atomic mass is 10.3. The van der Waals surface area contributed by atoms with E-state index in [1.807, 2.05) is 0 Å². The van der Waals surface area contributed by atoms with E-state index in [1.165, 1.54) is 0 Å². The molecule has 2 aromatic rings. The number of anilines is 1. The Morgan fingerprint density at radius 1 is 1.29 bits per heavy atom. The van der Waals surface area contributed by atoms with Gasteiger partial charge in [0.2, 0.25) is 5.95 Å². The Hall–Kier alpha value is -2.30. The molecule has 1 aromatic carbocycles. The molecule has 0 radical (unpaired) electrons. The molecular weight excluding hydrogens is 313 g/mol. The van der Waals surface area contributed by atoms with Gasteiger partial charge in [-0.1, -0.05) is 0 Å². The lowest BCUT2D eigenvalue weighted by Gasteiger charge is -2.07. The molecule has 2 N–H and O–H groups in total. The maximum atomic E-state index is 13.5. The number of ether oxygens (including phenoxy) is 1. The number of hydrogen-bond acceptors (Lipinski definition) is 5. The molecule has 0 spiro atoms. The van der Waals surface area contributed by atoms with Gasteiger partial charge in [0.25, 0.3) is 10.0 Å². The van der Waals surface area contributed by atoms with Crippen molar-refractivity contribution in [2.75, 3.05) is 11.3 Å². The summed E-state index contributed by atoms with van der Waals surface area (Å²) in [6, 6.07) is 0.364. The molecule has 1 aromatic heterocycles. The first-order chi connectivity index (χ1) is 9.83. The van der Waals surface area contributed by atoms with Gasteiger partial charge in [-0.2, -0.15) is 4.98 Å². The highest BCUT2D eigenvalue weighted by molar-refractivity contribution is 7.92. The highest BCUT2D eigenvalue weighted by Crippen LogP contribution is 2.22. The molecule has 0 unspecified atom stereocenters. The van der Waals surface area contributed by atoms with Crippen LogP contribution >= 0.6 is 0 Å². The molecule has 0 aliphatic heterocycles. The SMILES string of the molecule is CCOc1n[nH]c(NS(=O)(=O)c2c(F)cc(F)cc2F)n1. The summed E-state index contributed by atoms with van der Waals surface area (Å²) in [7, 11) is -4.65. The second-order valence-corrected chi connectivity index (χ2v) is 5.32. The van der Waals surface area contributed by atoms with Gasteiger partial charge in [0.15, 0.2) is 4.90 Å². The number of halogens is 3. The van der Waals surface area contributed by atoms with Gasteiger partial charge in [-0.3, -0.25) is 0 Å². The Morgan fingerprint density at radius 3 is 2.48 bits per heavy atom. The summed E-state index contributed by atoms with van der Waals surface area (Å²) in [6.45, 7) is 1.90. The minimum atomic E-state index is -4.65. The van der Waals surface area contributed by atoms with Crippen LogP contribution in [0.1, 0.15) is 6.92 Å². The molecule has 2 rings (SSSR count). The number of benzene rings is 1. The van der Waals surface area contributed by atoms with Crippen LogP contribution in [0.15, 0.2) is 17.0 Å². The topological polar surface area (TPSA) is 97.0 Å². The molecule has 114 valence electrons. The summed E-state index contributed by atoms with van der Waals surface area (Å²) < 4.78 is 70.1. The molecule has 0 saturated carbocycles. The van der Waals surface area contributed by atoms with E-state index in [9.17, 15) is 21.6 Å². The zero-order chi connectivity index (χ0) is 15.6. The number of nitrogens with zero attached hydrogens (tertiary/aromatic N) is 2. The smallest absolute Gasteiger partial charge is 0.337 e. The van der Waals surface area contributed by atoms with Gasteiger partial charge in [0, 0.05) is 12.1 Å². The summed E-state index contributed by atoms with van der Waals surface area (Å²) in [4.78, 5) is 2.27. The van der Waals surface area contributed by atoms with Gasteiger partial charge < -0.3 is 4.74 Å². The number of aromatic nitrogens is 3. The van der Waals surface area contributed by atoms with Crippen LogP contribution in [0.3, 0.4) is 0 Å². The molecule has 0 saturated heterocycles. The molecule has 21 heavy (non-hydrogen) atoms. The molecule has 11 heteroatoms. The second kappa shape index (κ2) is 5.60. The molecule has 0 fully saturated rings. The number of aromatic amines is 1. The summed E-state index contributed by atoms with van der Waals surface area (Å²) in [6.07, 6.45) is 0. The number of sulfonamides is 1. The van der Waals surface area contributed by atoms with Crippen molar-refractivity contribution in [3.63, 3.8) is 0 Å². The fraction of sp³-hybridized carbons (Fsp3) is 0.200. The number of H-pyrrole nitrogens is 1. The molecule has 0 bridgehead atoms. The van der Waals surface area contributed by atoms with E-state index >= 15 is 0 Å². The maximum absolute atomic E-state index is 13.5. The average Bonchev–Trinajstić information content (AvgIpc) is 2.74. The fourth-order valence-electron chi connectivity index (χ4n) is 1.45. The Labute approximate surface area is 117 Å². The van der Waals surface area contributed by atoms with Crippen molar-refractivity contribution in [3.8, 4) is 6.01 Å². The predicted octanol–water partition coefficient (Wildman–Crippen LogP) is 1.42. The lowest BCUT2D eigenvalue weighted by molar-refractivity contribution is 0.314. The van der Waals surface area contributed by atoms with Crippen LogP contribution in [0, 0.1) is 17.5 Å². The Morgan fingerprint density at radius 2 is 1.90 bits per heavy atom. The van der Waals surface area contributed by atoms with Crippen molar-refractivity contribution in [1.82, 2.24) is 15.2 Å². The quantitative estimate of drug-likeness (QED) is 0.868. The molecule has 0 atom stereocenters. The molecule has 0 aliphatic carbocycles. The van der Waals surface area contributed by atoms with E-state index in [0.717, 1.165) is 0 Å². The minimum absolute atomic E-state index is 0.143. The summed E-state index contributed by atoms with van der Waals surface area (Å²) in [5, 5.41) is 5.68. The van der Waals surface area contributed by atoms with E-state index < -0.39 is 38.3 Å². The first kappa shape index (κ1) is 15.1. The third-order valence-electron chi connectivity index (χ3n) is 2.20. The molecule has 0 amide bonds. The van der Waals surface area contributed by atoms with Crippen LogP contribution < -0.4 is 9.46 Å². The Balaban J connectivity index is 2.34. The van der Waals surface area contributed by atoms with Crippen molar-refractivity contribution in [1.29, 1.82) is 0 Å². The highest BCUT2D eigenvalue weighted by Gasteiger charge is 2.26. The van der Waals surface area contributed by atoms with Crippen molar-refractivity contribution < 1.29 is 26.3 Å². The zero-order valence-corrected chi connectivity index (χ0v) is 11.3. The van der Waals surface area contributed by atoms with Crippen LogP contribution in [-0.2, 0) is 10.0 Å². The second-order valence-electron chi connectivity index (χ2n) is 3.70. The molecule has 0 aliphatic rings. The summed E-state index contributed by atoms with van der Waals surface area (Å²) in [5.41, 5.74) is 0. The van der Waals surface area contributed by atoms with Gasteiger partial charge in [0.1, 0.15) is 17.5 Å². The molecular formula is C10H9F3N4O3S. The van der Waals surface area contributed by atoms with Gasteiger partial charge in [-0.15, -0.1) is 5.10 Å².